The summed E-state index contributed by atoms with van der Waals surface area (Å²) in [5, 5.41) is 2.53. The smallest absolute Gasteiger partial charge is 0.328 e. The third-order valence-corrected chi connectivity index (χ3v) is 1.99. The van der Waals surface area contributed by atoms with Crippen LogP contribution in [0.3, 0.4) is 0 Å². The Morgan fingerprint density at radius 1 is 1.33 bits per heavy atom. The lowest BCUT2D eigenvalue weighted by atomic mass is 10.2. The van der Waals surface area contributed by atoms with E-state index in [9.17, 15) is 9.59 Å². The molecule has 15 heavy (non-hydrogen) atoms. The highest BCUT2D eigenvalue weighted by molar-refractivity contribution is 5.87. The van der Waals surface area contributed by atoms with Gasteiger partial charge < -0.3 is 15.8 Å². The van der Waals surface area contributed by atoms with Gasteiger partial charge in [-0.3, -0.25) is 4.79 Å². The van der Waals surface area contributed by atoms with E-state index >= 15 is 0 Å². The van der Waals surface area contributed by atoms with Gasteiger partial charge in [-0.2, -0.15) is 0 Å². The monoisotopic (exact) mass is 238 g/mol. The van der Waals surface area contributed by atoms with Crippen LogP contribution < -0.4 is 11.1 Å². The third kappa shape index (κ3) is 5.59. The zero-order chi connectivity index (χ0) is 11.1. The Labute approximate surface area is 96.1 Å². The van der Waals surface area contributed by atoms with Gasteiger partial charge in [0.05, 0.1) is 13.2 Å². The van der Waals surface area contributed by atoms with Crippen LogP contribution in [0.2, 0.25) is 0 Å². The Balaban J connectivity index is 0. The minimum Gasteiger partial charge on any atom is -0.467 e. The molecule has 0 radical (unpaired) electrons. The van der Waals surface area contributed by atoms with Crippen LogP contribution in [0.1, 0.15) is 26.7 Å². The van der Waals surface area contributed by atoms with Gasteiger partial charge in [0.25, 0.3) is 0 Å². The number of hydrogen-bond acceptors (Lipinski definition) is 4. The van der Waals surface area contributed by atoms with Crippen molar-refractivity contribution >= 4 is 24.3 Å². The Hall–Kier alpha value is -0.810. The van der Waals surface area contributed by atoms with E-state index in [1.807, 2.05) is 6.92 Å². The molecule has 0 aromatic heterocycles. The molecule has 6 heteroatoms. The molecule has 0 saturated carbocycles. The minimum absolute atomic E-state index is 0. The molecule has 0 spiro atoms. The maximum absolute atomic E-state index is 11.3. The predicted molar refractivity (Wildman–Crippen MR) is 59.8 cm³/mol. The van der Waals surface area contributed by atoms with E-state index in [2.05, 4.69) is 10.1 Å². The summed E-state index contributed by atoms with van der Waals surface area (Å²) < 4.78 is 4.52. The molecule has 0 bridgehead atoms. The summed E-state index contributed by atoms with van der Waals surface area (Å²) in [6.45, 7) is 3.60. The normalized spacial score (nSPS) is 13.3. The number of nitrogens with two attached hydrogens (primary N) is 1. The summed E-state index contributed by atoms with van der Waals surface area (Å²) in [6.07, 6.45) is 1.04. The van der Waals surface area contributed by atoms with Gasteiger partial charge in [-0.25, -0.2) is 4.79 Å². The highest BCUT2D eigenvalue weighted by atomic mass is 35.5. The fourth-order valence-corrected chi connectivity index (χ4v) is 0.934. The van der Waals surface area contributed by atoms with E-state index in [1.54, 1.807) is 6.92 Å². The number of ether oxygens (including phenoxy) is 1. The first-order valence-electron chi connectivity index (χ1n) is 4.70. The van der Waals surface area contributed by atoms with E-state index in [-0.39, 0.29) is 18.3 Å². The van der Waals surface area contributed by atoms with Crippen LogP contribution >= 0.6 is 12.4 Å². The van der Waals surface area contributed by atoms with Crippen LogP contribution in [-0.4, -0.2) is 31.1 Å². The van der Waals surface area contributed by atoms with Gasteiger partial charge in [0.15, 0.2) is 0 Å². The predicted octanol–water partition coefficient (Wildman–Crippen LogP) is 0.213. The van der Waals surface area contributed by atoms with E-state index in [0.29, 0.717) is 12.8 Å². The lowest BCUT2D eigenvalue weighted by Crippen LogP contribution is -2.48. The number of rotatable bonds is 5. The Bertz CT molecular complexity index is 212. The van der Waals surface area contributed by atoms with Gasteiger partial charge in [0.2, 0.25) is 5.91 Å². The molecule has 0 aromatic carbocycles. The number of amides is 1. The highest BCUT2D eigenvalue weighted by Crippen LogP contribution is 1.95. The van der Waals surface area contributed by atoms with E-state index < -0.39 is 18.1 Å². The average Bonchev–Trinajstić information content (AvgIpc) is 2.22. The molecular formula is C9H19ClN2O3. The molecule has 0 aliphatic heterocycles. The lowest BCUT2D eigenvalue weighted by Gasteiger charge is -2.16. The zero-order valence-corrected chi connectivity index (χ0v) is 10.1. The summed E-state index contributed by atoms with van der Waals surface area (Å²) in [4.78, 5) is 22.4. The molecule has 0 saturated heterocycles. The van der Waals surface area contributed by atoms with Gasteiger partial charge in [-0.05, 0) is 12.8 Å². The maximum atomic E-state index is 11.3. The highest BCUT2D eigenvalue weighted by Gasteiger charge is 2.21. The van der Waals surface area contributed by atoms with Crippen LogP contribution in [0.25, 0.3) is 0 Å². The summed E-state index contributed by atoms with van der Waals surface area (Å²) >= 11 is 0. The van der Waals surface area contributed by atoms with Gasteiger partial charge in [0, 0.05) is 0 Å². The fraction of sp³-hybridized carbons (Fsp3) is 0.778. The van der Waals surface area contributed by atoms with Crippen molar-refractivity contribution < 1.29 is 14.3 Å². The molecule has 1 amide bonds. The van der Waals surface area contributed by atoms with E-state index in [1.165, 1.54) is 7.11 Å². The number of esters is 1. The molecule has 90 valence electrons. The number of halogens is 1. The topological polar surface area (TPSA) is 81.4 Å². The van der Waals surface area contributed by atoms with Crippen molar-refractivity contribution in [2.45, 2.75) is 38.8 Å². The van der Waals surface area contributed by atoms with E-state index in [0.717, 1.165) is 0 Å². The standard InChI is InChI=1S/C9H18N2O3.ClH/c1-4-6(10)8(12)11-7(5-2)9(13)14-3;/h6-7H,4-5,10H2,1-3H3,(H,11,12);1H. The van der Waals surface area contributed by atoms with E-state index in [4.69, 9.17) is 5.73 Å². The van der Waals surface area contributed by atoms with Crippen molar-refractivity contribution in [1.29, 1.82) is 0 Å². The maximum Gasteiger partial charge on any atom is 0.328 e. The number of carbonyl (C=O) groups is 2. The van der Waals surface area contributed by atoms with Gasteiger partial charge >= 0.3 is 5.97 Å². The number of carbonyl (C=O) groups excluding carboxylic acids is 2. The van der Waals surface area contributed by atoms with Gasteiger partial charge in [-0.1, -0.05) is 13.8 Å². The molecule has 0 aliphatic rings. The molecule has 0 heterocycles. The van der Waals surface area contributed by atoms with Crippen LogP contribution in [0, 0.1) is 0 Å². The SMILES string of the molecule is CCC(N)C(=O)NC(CC)C(=O)OC.Cl. The Kier molecular flexibility index (Phi) is 9.41. The van der Waals surface area contributed by atoms with Crippen LogP contribution in [-0.2, 0) is 14.3 Å². The third-order valence-electron chi connectivity index (χ3n) is 1.99. The van der Waals surface area contributed by atoms with Crippen molar-refractivity contribution in [2.75, 3.05) is 7.11 Å². The zero-order valence-electron chi connectivity index (χ0n) is 9.28. The second-order valence-corrected chi connectivity index (χ2v) is 3.01. The summed E-state index contributed by atoms with van der Waals surface area (Å²) in [7, 11) is 1.29. The minimum atomic E-state index is -0.593. The van der Waals surface area contributed by atoms with Crippen molar-refractivity contribution in [3.63, 3.8) is 0 Å². The molecule has 0 aromatic rings. The molecular weight excluding hydrogens is 220 g/mol. The molecule has 0 aliphatic carbocycles. The largest absolute Gasteiger partial charge is 0.467 e. The molecule has 2 unspecified atom stereocenters. The van der Waals surface area contributed by atoms with Gasteiger partial charge in [0.1, 0.15) is 6.04 Å². The van der Waals surface area contributed by atoms with Crippen LogP contribution in [0.5, 0.6) is 0 Å². The first-order chi connectivity index (χ1) is 6.56. The summed E-state index contributed by atoms with van der Waals surface area (Å²) in [6, 6.07) is -1.15. The fourth-order valence-electron chi connectivity index (χ4n) is 0.934. The Morgan fingerprint density at radius 2 is 1.87 bits per heavy atom. The summed E-state index contributed by atoms with van der Waals surface area (Å²) in [5.41, 5.74) is 5.50. The van der Waals surface area contributed by atoms with Crippen molar-refractivity contribution in [2.24, 2.45) is 5.73 Å². The molecule has 0 fully saturated rings. The first-order valence-corrected chi connectivity index (χ1v) is 4.70. The number of methoxy groups -OCH3 is 1. The molecule has 2 atom stereocenters. The summed E-state index contributed by atoms with van der Waals surface area (Å²) in [5.74, 6) is -0.756. The van der Waals surface area contributed by atoms with Crippen molar-refractivity contribution in [1.82, 2.24) is 5.32 Å². The van der Waals surface area contributed by atoms with Crippen LogP contribution in [0.15, 0.2) is 0 Å². The Morgan fingerprint density at radius 3 is 2.20 bits per heavy atom. The van der Waals surface area contributed by atoms with Crippen LogP contribution in [0.4, 0.5) is 0 Å². The quantitative estimate of drug-likeness (QED) is 0.671. The molecule has 0 rings (SSSR count). The number of hydrogen-bond donors (Lipinski definition) is 2. The number of nitrogens with one attached hydrogen (secondary N) is 1. The average molecular weight is 239 g/mol. The first kappa shape index (κ1) is 16.6. The molecule has 5 nitrogen and oxygen atoms in total. The van der Waals surface area contributed by atoms with Crippen molar-refractivity contribution in [3.8, 4) is 0 Å². The second kappa shape index (κ2) is 8.49. The second-order valence-electron chi connectivity index (χ2n) is 3.01. The lowest BCUT2D eigenvalue weighted by molar-refractivity contribution is -0.145. The van der Waals surface area contributed by atoms with Crippen molar-refractivity contribution in [3.05, 3.63) is 0 Å². The molecule has 3 N–H and O–H groups in total. The van der Waals surface area contributed by atoms with Gasteiger partial charge in [-0.15, -0.1) is 12.4 Å².